The maximum atomic E-state index is 6.51. The van der Waals surface area contributed by atoms with Gasteiger partial charge in [0, 0.05) is 38.3 Å². The van der Waals surface area contributed by atoms with Gasteiger partial charge in [-0.2, -0.15) is 0 Å². The van der Waals surface area contributed by atoms with Gasteiger partial charge < -0.3 is 15.1 Å². The molecule has 0 bridgehead atoms. The van der Waals surface area contributed by atoms with Gasteiger partial charge in [0.05, 0.1) is 10.7 Å². The minimum Gasteiger partial charge on any atom is -0.365 e. The first-order valence-corrected chi connectivity index (χ1v) is 7.98. The second-order valence-electron chi connectivity index (χ2n) is 6.25. The van der Waals surface area contributed by atoms with Crippen LogP contribution in [-0.4, -0.2) is 43.7 Å². The van der Waals surface area contributed by atoms with E-state index in [-0.39, 0.29) is 0 Å². The lowest BCUT2D eigenvalue weighted by atomic mass is 10.1. The zero-order valence-corrected chi connectivity index (χ0v) is 13.2. The van der Waals surface area contributed by atoms with Crippen LogP contribution < -0.4 is 10.2 Å². The molecule has 3 nitrogen and oxygen atoms in total. The van der Waals surface area contributed by atoms with E-state index >= 15 is 0 Å². The number of piperazine rings is 1. The number of anilines is 1. The largest absolute Gasteiger partial charge is 0.365 e. The summed E-state index contributed by atoms with van der Waals surface area (Å²) in [6.07, 6.45) is 2.65. The van der Waals surface area contributed by atoms with Gasteiger partial charge in [0.25, 0.3) is 0 Å². The molecule has 1 saturated heterocycles. The van der Waals surface area contributed by atoms with Crippen LogP contribution in [0, 0.1) is 0 Å². The highest BCUT2D eigenvalue weighted by Gasteiger charge is 2.23. The summed E-state index contributed by atoms with van der Waals surface area (Å²) >= 11 is 6.51. The van der Waals surface area contributed by atoms with Crippen molar-refractivity contribution in [3.8, 4) is 0 Å². The van der Waals surface area contributed by atoms with Crippen LogP contribution in [-0.2, 0) is 6.54 Å². The Morgan fingerprint density at radius 1 is 1.30 bits per heavy atom. The fourth-order valence-corrected chi connectivity index (χ4v) is 3.25. The number of rotatable bonds is 4. The summed E-state index contributed by atoms with van der Waals surface area (Å²) < 4.78 is 0. The quantitative estimate of drug-likeness (QED) is 0.921. The number of nitrogens with zero attached hydrogens (tertiary/aromatic N) is 2. The average molecular weight is 294 g/mol. The third-order valence-electron chi connectivity index (χ3n) is 4.32. The van der Waals surface area contributed by atoms with Crippen LogP contribution in [0.5, 0.6) is 0 Å². The van der Waals surface area contributed by atoms with Crippen molar-refractivity contribution >= 4 is 17.3 Å². The molecule has 110 valence electrons. The second-order valence-corrected chi connectivity index (χ2v) is 6.65. The van der Waals surface area contributed by atoms with Crippen molar-refractivity contribution in [1.29, 1.82) is 0 Å². The van der Waals surface area contributed by atoms with Crippen LogP contribution in [0.2, 0.25) is 5.02 Å². The van der Waals surface area contributed by atoms with Crippen molar-refractivity contribution in [2.75, 3.05) is 31.6 Å². The van der Waals surface area contributed by atoms with Crippen molar-refractivity contribution in [3.63, 3.8) is 0 Å². The highest BCUT2D eigenvalue weighted by molar-refractivity contribution is 6.33. The topological polar surface area (TPSA) is 18.5 Å². The van der Waals surface area contributed by atoms with Crippen molar-refractivity contribution in [3.05, 3.63) is 28.8 Å². The Bertz CT molecular complexity index is 473. The molecule has 1 aliphatic heterocycles. The molecule has 20 heavy (non-hydrogen) atoms. The van der Waals surface area contributed by atoms with Gasteiger partial charge in [-0.25, -0.2) is 0 Å². The molecule has 3 rings (SSSR count). The number of halogens is 1. The third kappa shape index (κ3) is 3.27. The molecule has 0 radical (unpaired) electrons. The van der Waals surface area contributed by atoms with E-state index in [0.29, 0.717) is 6.04 Å². The summed E-state index contributed by atoms with van der Waals surface area (Å²) in [5, 5.41) is 4.42. The van der Waals surface area contributed by atoms with Crippen molar-refractivity contribution in [2.45, 2.75) is 38.4 Å². The van der Waals surface area contributed by atoms with Crippen LogP contribution in [0.15, 0.2) is 18.2 Å². The summed E-state index contributed by atoms with van der Waals surface area (Å²) in [4.78, 5) is 4.81. The standard InChI is InChI=1S/C16H24ClN3/c1-12-11-19(2)7-8-20(12)16-6-3-13(9-15(16)17)10-18-14-4-5-14/h3,6,9,12,14,18H,4-5,7-8,10-11H2,1-2H3. The van der Waals surface area contributed by atoms with Crippen LogP contribution in [0.3, 0.4) is 0 Å². The molecule has 1 atom stereocenters. The first-order chi connectivity index (χ1) is 9.63. The van der Waals surface area contributed by atoms with E-state index in [1.165, 1.54) is 24.1 Å². The Morgan fingerprint density at radius 2 is 2.10 bits per heavy atom. The smallest absolute Gasteiger partial charge is 0.0642 e. The molecule has 0 amide bonds. The van der Waals surface area contributed by atoms with E-state index in [1.54, 1.807) is 0 Å². The molecule has 2 fully saturated rings. The first-order valence-electron chi connectivity index (χ1n) is 7.60. The fraction of sp³-hybridized carbons (Fsp3) is 0.625. The average Bonchev–Trinajstić information content (AvgIpc) is 3.22. The van der Waals surface area contributed by atoms with E-state index in [4.69, 9.17) is 11.6 Å². The maximum Gasteiger partial charge on any atom is 0.0642 e. The lowest BCUT2D eigenvalue weighted by Crippen LogP contribution is -2.50. The summed E-state index contributed by atoms with van der Waals surface area (Å²) in [5.74, 6) is 0. The lowest BCUT2D eigenvalue weighted by Gasteiger charge is -2.40. The number of hydrogen-bond donors (Lipinski definition) is 1. The van der Waals surface area contributed by atoms with Crippen LogP contribution >= 0.6 is 11.6 Å². The predicted octanol–water partition coefficient (Wildman–Crippen LogP) is 2.73. The number of likely N-dealkylation sites (N-methyl/N-ethyl adjacent to an activating group) is 1. The Balaban J connectivity index is 1.69. The lowest BCUT2D eigenvalue weighted by molar-refractivity contribution is 0.275. The molecule has 1 saturated carbocycles. The summed E-state index contributed by atoms with van der Waals surface area (Å²) in [6, 6.07) is 7.78. The Hall–Kier alpha value is -0.770. The van der Waals surface area contributed by atoms with Gasteiger partial charge in [0.15, 0.2) is 0 Å². The van der Waals surface area contributed by atoms with Crippen LogP contribution in [0.25, 0.3) is 0 Å². The summed E-state index contributed by atoms with van der Waals surface area (Å²) in [5.41, 5.74) is 2.47. The normalized spacial score (nSPS) is 24.1. The first kappa shape index (κ1) is 14.2. The summed E-state index contributed by atoms with van der Waals surface area (Å²) in [6.45, 7) is 6.46. The maximum absolute atomic E-state index is 6.51. The zero-order chi connectivity index (χ0) is 14.1. The third-order valence-corrected chi connectivity index (χ3v) is 4.63. The molecule has 1 heterocycles. The Kier molecular flexibility index (Phi) is 4.20. The number of benzene rings is 1. The Labute approximate surface area is 126 Å². The van der Waals surface area contributed by atoms with Gasteiger partial charge in [-0.05, 0) is 44.5 Å². The molecule has 1 N–H and O–H groups in total. The molecular formula is C16H24ClN3. The molecule has 4 heteroatoms. The van der Waals surface area contributed by atoms with E-state index in [9.17, 15) is 0 Å². The van der Waals surface area contributed by atoms with E-state index in [1.807, 2.05) is 0 Å². The van der Waals surface area contributed by atoms with Gasteiger partial charge in [0.2, 0.25) is 0 Å². The SMILES string of the molecule is CC1CN(C)CCN1c1ccc(CNC2CC2)cc1Cl. The van der Waals surface area contributed by atoms with Gasteiger partial charge in [-0.15, -0.1) is 0 Å². The zero-order valence-electron chi connectivity index (χ0n) is 12.4. The van der Waals surface area contributed by atoms with Crippen LogP contribution in [0.1, 0.15) is 25.3 Å². The van der Waals surface area contributed by atoms with Gasteiger partial charge in [-0.1, -0.05) is 17.7 Å². The predicted molar refractivity (Wildman–Crippen MR) is 85.6 cm³/mol. The van der Waals surface area contributed by atoms with Crippen molar-refractivity contribution in [2.24, 2.45) is 0 Å². The second kappa shape index (κ2) is 5.92. The monoisotopic (exact) mass is 293 g/mol. The van der Waals surface area contributed by atoms with Gasteiger partial charge in [0.1, 0.15) is 0 Å². The van der Waals surface area contributed by atoms with Crippen LogP contribution in [0.4, 0.5) is 5.69 Å². The van der Waals surface area contributed by atoms with Crippen molar-refractivity contribution in [1.82, 2.24) is 10.2 Å². The molecular weight excluding hydrogens is 270 g/mol. The molecule has 1 unspecified atom stereocenters. The molecule has 1 aromatic carbocycles. The van der Waals surface area contributed by atoms with Gasteiger partial charge in [-0.3, -0.25) is 0 Å². The van der Waals surface area contributed by atoms with E-state index in [0.717, 1.165) is 37.2 Å². The van der Waals surface area contributed by atoms with E-state index < -0.39 is 0 Å². The highest BCUT2D eigenvalue weighted by Crippen LogP contribution is 2.30. The molecule has 0 aromatic heterocycles. The van der Waals surface area contributed by atoms with Gasteiger partial charge >= 0.3 is 0 Å². The molecule has 1 aromatic rings. The van der Waals surface area contributed by atoms with E-state index in [2.05, 4.69) is 47.3 Å². The fourth-order valence-electron chi connectivity index (χ4n) is 2.94. The minimum atomic E-state index is 0.515. The molecule has 1 aliphatic carbocycles. The molecule has 0 spiro atoms. The minimum absolute atomic E-state index is 0.515. The summed E-state index contributed by atoms with van der Waals surface area (Å²) in [7, 11) is 2.18. The number of hydrogen-bond acceptors (Lipinski definition) is 3. The molecule has 2 aliphatic rings. The highest BCUT2D eigenvalue weighted by atomic mass is 35.5. The van der Waals surface area contributed by atoms with Crippen molar-refractivity contribution < 1.29 is 0 Å². The Morgan fingerprint density at radius 3 is 2.75 bits per heavy atom. The number of nitrogens with one attached hydrogen (secondary N) is 1.